The predicted molar refractivity (Wildman–Crippen MR) is 79.4 cm³/mol. The first-order valence-corrected chi connectivity index (χ1v) is 7.24. The monoisotopic (exact) mass is 279 g/mol. The van der Waals surface area contributed by atoms with Gasteiger partial charge in [0, 0.05) is 37.0 Å². The number of amides is 2. The molecule has 0 saturated heterocycles. The van der Waals surface area contributed by atoms with E-state index >= 15 is 0 Å². The summed E-state index contributed by atoms with van der Waals surface area (Å²) in [6.45, 7) is 4.57. The van der Waals surface area contributed by atoms with Crippen molar-refractivity contribution in [2.45, 2.75) is 39.2 Å². The van der Waals surface area contributed by atoms with Crippen LogP contribution in [0.2, 0.25) is 0 Å². The zero-order valence-electron chi connectivity index (χ0n) is 12.3. The van der Waals surface area contributed by atoms with Gasteiger partial charge in [-0.2, -0.15) is 0 Å². The molecule has 0 fully saturated rings. The second kappa shape index (κ2) is 9.31. The molecule has 0 bridgehead atoms. The first-order valence-electron chi connectivity index (χ1n) is 7.24. The van der Waals surface area contributed by atoms with E-state index < -0.39 is 0 Å². The van der Waals surface area contributed by atoms with Gasteiger partial charge < -0.3 is 15.7 Å². The first-order chi connectivity index (χ1) is 9.69. The molecule has 1 heterocycles. The van der Waals surface area contributed by atoms with Gasteiger partial charge in [0.2, 0.25) is 0 Å². The lowest BCUT2D eigenvalue weighted by molar-refractivity contribution is 0.211. The lowest BCUT2D eigenvalue weighted by Gasteiger charge is -2.18. The Labute approximate surface area is 120 Å². The van der Waals surface area contributed by atoms with E-state index in [1.807, 2.05) is 32.0 Å². The maximum atomic E-state index is 11.7. The summed E-state index contributed by atoms with van der Waals surface area (Å²) >= 11 is 0. The molecule has 1 aromatic heterocycles. The normalized spacial score (nSPS) is 12.2. The van der Waals surface area contributed by atoms with Crippen LogP contribution in [0.4, 0.5) is 4.79 Å². The van der Waals surface area contributed by atoms with Gasteiger partial charge in [-0.3, -0.25) is 4.98 Å². The molecule has 0 radical (unpaired) electrons. The van der Waals surface area contributed by atoms with Gasteiger partial charge in [0.1, 0.15) is 0 Å². The Morgan fingerprint density at radius 1 is 1.35 bits per heavy atom. The van der Waals surface area contributed by atoms with Crippen molar-refractivity contribution in [2.24, 2.45) is 5.92 Å². The molecule has 0 spiro atoms. The number of hydrogen-bond acceptors (Lipinski definition) is 3. The highest BCUT2D eigenvalue weighted by Gasteiger charge is 2.12. The first kappa shape index (κ1) is 16.4. The van der Waals surface area contributed by atoms with Crippen molar-refractivity contribution < 1.29 is 9.90 Å². The van der Waals surface area contributed by atoms with E-state index in [4.69, 9.17) is 0 Å². The molecule has 2 amide bonds. The van der Waals surface area contributed by atoms with Crippen LogP contribution in [0, 0.1) is 5.92 Å². The maximum absolute atomic E-state index is 11.7. The molecule has 1 unspecified atom stereocenters. The number of aromatic nitrogens is 1. The van der Waals surface area contributed by atoms with Crippen molar-refractivity contribution in [2.75, 3.05) is 13.2 Å². The second-order valence-corrected chi connectivity index (χ2v) is 4.94. The minimum absolute atomic E-state index is 0.0163. The molecular formula is C15H25N3O2. The third kappa shape index (κ3) is 6.02. The molecule has 0 aliphatic carbocycles. The van der Waals surface area contributed by atoms with Crippen LogP contribution in [0.3, 0.4) is 0 Å². The van der Waals surface area contributed by atoms with Crippen LogP contribution in [0.1, 0.15) is 32.4 Å². The number of hydrogen-bond donors (Lipinski definition) is 3. The van der Waals surface area contributed by atoms with E-state index in [0.29, 0.717) is 13.0 Å². The van der Waals surface area contributed by atoms with Gasteiger partial charge in [0.05, 0.1) is 0 Å². The fourth-order valence-corrected chi connectivity index (χ4v) is 1.98. The highest BCUT2D eigenvalue weighted by Crippen LogP contribution is 2.05. The Bertz CT molecular complexity index is 380. The summed E-state index contributed by atoms with van der Waals surface area (Å²) < 4.78 is 0. The van der Waals surface area contributed by atoms with Gasteiger partial charge in [-0.25, -0.2) is 4.79 Å². The number of nitrogens with one attached hydrogen (secondary N) is 2. The molecular weight excluding hydrogens is 254 g/mol. The Kier molecular flexibility index (Phi) is 7.65. The van der Waals surface area contributed by atoms with Crippen molar-refractivity contribution in [1.82, 2.24) is 15.6 Å². The molecule has 5 heteroatoms. The van der Waals surface area contributed by atoms with Gasteiger partial charge in [-0.1, -0.05) is 19.9 Å². The van der Waals surface area contributed by atoms with Crippen molar-refractivity contribution in [3.8, 4) is 0 Å². The summed E-state index contributed by atoms with van der Waals surface area (Å²) in [7, 11) is 0. The molecule has 112 valence electrons. The van der Waals surface area contributed by atoms with E-state index in [2.05, 4.69) is 15.6 Å². The quantitative estimate of drug-likeness (QED) is 0.678. The molecule has 0 aliphatic rings. The van der Waals surface area contributed by atoms with Crippen LogP contribution < -0.4 is 10.6 Å². The molecule has 1 aromatic rings. The molecule has 5 nitrogen and oxygen atoms in total. The fraction of sp³-hybridized carbons (Fsp3) is 0.600. The minimum atomic E-state index is -0.168. The van der Waals surface area contributed by atoms with Crippen LogP contribution in [-0.2, 0) is 6.42 Å². The van der Waals surface area contributed by atoms with Gasteiger partial charge in [-0.15, -0.1) is 0 Å². The fourth-order valence-electron chi connectivity index (χ4n) is 1.98. The lowest BCUT2D eigenvalue weighted by atomic mass is 10.0. The van der Waals surface area contributed by atoms with Crippen LogP contribution in [0.15, 0.2) is 24.4 Å². The Morgan fingerprint density at radius 2 is 2.10 bits per heavy atom. The summed E-state index contributed by atoms with van der Waals surface area (Å²) in [5, 5.41) is 15.1. The zero-order chi connectivity index (χ0) is 14.8. The van der Waals surface area contributed by atoms with E-state index in [9.17, 15) is 9.90 Å². The zero-order valence-corrected chi connectivity index (χ0v) is 12.3. The van der Waals surface area contributed by atoms with Crippen LogP contribution in [0.5, 0.6) is 0 Å². The van der Waals surface area contributed by atoms with Crippen molar-refractivity contribution >= 4 is 6.03 Å². The molecule has 1 atom stereocenters. The summed E-state index contributed by atoms with van der Waals surface area (Å²) in [6, 6.07) is 5.74. The number of aliphatic hydroxyl groups is 1. The largest absolute Gasteiger partial charge is 0.396 e. The molecule has 0 saturated carbocycles. The average Bonchev–Trinajstić information content (AvgIpc) is 2.50. The van der Waals surface area contributed by atoms with Crippen LogP contribution in [-0.4, -0.2) is 35.3 Å². The smallest absolute Gasteiger partial charge is 0.315 e. The molecule has 20 heavy (non-hydrogen) atoms. The van der Waals surface area contributed by atoms with Gasteiger partial charge in [0.15, 0.2) is 0 Å². The highest BCUT2D eigenvalue weighted by molar-refractivity contribution is 5.74. The maximum Gasteiger partial charge on any atom is 0.315 e. The number of pyridine rings is 1. The van der Waals surface area contributed by atoms with E-state index in [1.165, 1.54) is 0 Å². The van der Waals surface area contributed by atoms with Gasteiger partial charge in [-0.05, 0) is 31.4 Å². The number of urea groups is 1. The molecule has 3 N–H and O–H groups in total. The highest BCUT2D eigenvalue weighted by atomic mass is 16.3. The number of aliphatic hydroxyl groups excluding tert-OH is 1. The van der Waals surface area contributed by atoms with E-state index in [1.54, 1.807) is 6.20 Å². The van der Waals surface area contributed by atoms with E-state index in [0.717, 1.165) is 18.5 Å². The van der Waals surface area contributed by atoms with Crippen molar-refractivity contribution in [3.05, 3.63) is 30.1 Å². The van der Waals surface area contributed by atoms with Crippen molar-refractivity contribution in [3.63, 3.8) is 0 Å². The van der Waals surface area contributed by atoms with Gasteiger partial charge >= 0.3 is 6.03 Å². The number of carbonyl (C=O) groups excluding carboxylic acids is 1. The standard InChI is InChI=1S/C15H25N3O2/c1-3-13(4-2)18-15(20)17-10-12(11-19)9-14-7-5-6-8-16-14/h5-8,12-13,19H,3-4,9-11H2,1-2H3,(H2,17,18,20). The third-order valence-electron chi connectivity index (χ3n) is 3.35. The SMILES string of the molecule is CCC(CC)NC(=O)NCC(CO)Cc1ccccn1. The minimum Gasteiger partial charge on any atom is -0.396 e. The van der Waals surface area contributed by atoms with Crippen molar-refractivity contribution in [1.29, 1.82) is 0 Å². The number of carbonyl (C=O) groups is 1. The summed E-state index contributed by atoms with van der Waals surface area (Å²) in [6.07, 6.45) is 4.22. The molecule has 0 aromatic carbocycles. The average molecular weight is 279 g/mol. The summed E-state index contributed by atoms with van der Waals surface area (Å²) in [4.78, 5) is 16.0. The second-order valence-electron chi connectivity index (χ2n) is 4.94. The van der Waals surface area contributed by atoms with Crippen LogP contribution >= 0.6 is 0 Å². The van der Waals surface area contributed by atoms with Gasteiger partial charge in [0.25, 0.3) is 0 Å². The number of nitrogens with zero attached hydrogens (tertiary/aromatic N) is 1. The summed E-state index contributed by atoms with van der Waals surface area (Å²) in [5.41, 5.74) is 0.925. The van der Waals surface area contributed by atoms with E-state index in [-0.39, 0.29) is 24.6 Å². The lowest BCUT2D eigenvalue weighted by Crippen LogP contribution is -2.43. The predicted octanol–water partition coefficient (Wildman–Crippen LogP) is 1.72. The molecule has 0 aliphatic heterocycles. The Balaban J connectivity index is 2.36. The van der Waals surface area contributed by atoms with Crippen LogP contribution in [0.25, 0.3) is 0 Å². The summed E-state index contributed by atoms with van der Waals surface area (Å²) in [5.74, 6) is -0.0163. The Hall–Kier alpha value is -1.62. The molecule has 1 rings (SSSR count). The third-order valence-corrected chi connectivity index (χ3v) is 3.35. The Morgan fingerprint density at radius 3 is 2.65 bits per heavy atom. The number of rotatable bonds is 8. The topological polar surface area (TPSA) is 74.2 Å².